The Hall–Kier alpha value is -3.47. The highest BCUT2D eigenvalue weighted by atomic mass is 35.5. The first-order valence-corrected chi connectivity index (χ1v) is 14.8. The minimum Gasteiger partial charge on any atom is -0.481 e. The Morgan fingerprint density at radius 1 is 0.949 bits per heavy atom. The molecule has 2 aromatic carbocycles. The molecule has 4 aromatic rings. The molecule has 2 aromatic heterocycles. The van der Waals surface area contributed by atoms with E-state index >= 15 is 0 Å². The number of ether oxygens (including phenoxy) is 1. The van der Waals surface area contributed by atoms with Crippen molar-refractivity contribution in [3.63, 3.8) is 0 Å². The van der Waals surface area contributed by atoms with E-state index < -0.39 is 16.0 Å². The van der Waals surface area contributed by atoms with Crippen molar-refractivity contribution < 1.29 is 23.1 Å². The minimum absolute atomic E-state index is 0.0893. The molecule has 2 fully saturated rings. The summed E-state index contributed by atoms with van der Waals surface area (Å²) in [5.41, 5.74) is 4.39. The van der Waals surface area contributed by atoms with Crippen molar-refractivity contribution in [2.75, 3.05) is 13.1 Å². The summed E-state index contributed by atoms with van der Waals surface area (Å²) in [6.45, 7) is 1.16. The van der Waals surface area contributed by atoms with Gasteiger partial charge >= 0.3 is 5.97 Å². The molecule has 0 spiro atoms. The lowest BCUT2D eigenvalue weighted by Gasteiger charge is -2.29. The lowest BCUT2D eigenvalue weighted by Crippen LogP contribution is -2.41. The van der Waals surface area contributed by atoms with Gasteiger partial charge in [0.05, 0.1) is 27.0 Å². The molecule has 11 heteroatoms. The number of sulfonamides is 1. The van der Waals surface area contributed by atoms with Crippen LogP contribution in [0.2, 0.25) is 5.02 Å². The van der Waals surface area contributed by atoms with Crippen molar-refractivity contribution in [1.29, 1.82) is 0 Å². The number of nitrogens with one attached hydrogen (secondary N) is 1. The molecule has 39 heavy (non-hydrogen) atoms. The Balaban J connectivity index is 1.18. The summed E-state index contributed by atoms with van der Waals surface area (Å²) >= 11 is 6.58. The minimum atomic E-state index is -3.41. The third-order valence-electron chi connectivity index (χ3n) is 7.51. The number of aromatic nitrogens is 3. The zero-order chi connectivity index (χ0) is 27.1. The van der Waals surface area contributed by atoms with E-state index in [4.69, 9.17) is 16.3 Å². The van der Waals surface area contributed by atoms with Crippen molar-refractivity contribution in [2.45, 2.75) is 43.1 Å². The Morgan fingerprint density at radius 2 is 1.56 bits per heavy atom. The molecule has 1 saturated carbocycles. The van der Waals surface area contributed by atoms with Crippen LogP contribution < -0.4 is 4.74 Å². The first-order valence-electron chi connectivity index (χ1n) is 12.9. The number of carbonyl (C=O) groups is 1. The van der Waals surface area contributed by atoms with Gasteiger partial charge in [0.15, 0.2) is 5.65 Å². The van der Waals surface area contributed by atoms with Crippen LogP contribution in [-0.4, -0.2) is 57.9 Å². The van der Waals surface area contributed by atoms with Gasteiger partial charge in [-0.3, -0.25) is 4.79 Å². The fourth-order valence-corrected chi connectivity index (χ4v) is 6.83. The molecular weight excluding hydrogens is 540 g/mol. The normalized spacial score (nSPS) is 20.0. The summed E-state index contributed by atoms with van der Waals surface area (Å²) in [5, 5.41) is 9.66. The summed E-state index contributed by atoms with van der Waals surface area (Å²) in [6.07, 6.45) is 3.32. The van der Waals surface area contributed by atoms with Crippen LogP contribution in [0.4, 0.5) is 0 Å². The van der Waals surface area contributed by atoms with Gasteiger partial charge in [0.2, 0.25) is 10.0 Å². The number of aliphatic carboxylic acids is 1. The molecule has 1 aliphatic heterocycles. The summed E-state index contributed by atoms with van der Waals surface area (Å²) in [7, 11) is -3.41. The number of halogens is 1. The number of hydrogen-bond acceptors (Lipinski definition) is 6. The zero-order valence-electron chi connectivity index (χ0n) is 21.0. The van der Waals surface area contributed by atoms with Gasteiger partial charge in [-0.05, 0) is 61.4 Å². The van der Waals surface area contributed by atoms with E-state index in [1.165, 1.54) is 4.31 Å². The number of benzene rings is 2. The number of pyridine rings is 1. The molecule has 0 amide bonds. The van der Waals surface area contributed by atoms with E-state index in [1.807, 2.05) is 36.4 Å². The van der Waals surface area contributed by atoms with Gasteiger partial charge in [-0.15, -0.1) is 0 Å². The van der Waals surface area contributed by atoms with Crippen molar-refractivity contribution in [3.05, 3.63) is 59.6 Å². The Morgan fingerprint density at radius 3 is 2.15 bits per heavy atom. The fraction of sp³-hybridized carbons (Fsp3) is 0.321. The van der Waals surface area contributed by atoms with E-state index in [-0.39, 0.29) is 12.0 Å². The number of hydrogen-bond donors (Lipinski definition) is 2. The predicted molar refractivity (Wildman–Crippen MR) is 147 cm³/mol. The molecule has 6 rings (SSSR count). The highest BCUT2D eigenvalue weighted by Crippen LogP contribution is 2.33. The van der Waals surface area contributed by atoms with Crippen molar-refractivity contribution in [2.24, 2.45) is 5.92 Å². The second-order valence-electron chi connectivity index (χ2n) is 10.0. The number of carboxylic acid groups (broad SMARTS) is 1. The fourth-order valence-electron chi connectivity index (χ4n) is 5.06. The lowest BCUT2D eigenvalue weighted by molar-refractivity contribution is -0.143. The third kappa shape index (κ3) is 5.11. The SMILES string of the molecule is O=C(O)[C@H]1CC[C@H](Oc2nc3nc(-c4ccc(-c5ccc(S(=O)(=O)N6CCC6)cc5)cc4)c(Cl)cc3[nH]2)CC1. The van der Waals surface area contributed by atoms with Crippen LogP contribution in [0.5, 0.6) is 6.01 Å². The maximum Gasteiger partial charge on any atom is 0.306 e. The van der Waals surface area contributed by atoms with Crippen molar-refractivity contribution in [3.8, 4) is 28.4 Å². The van der Waals surface area contributed by atoms with Crippen LogP contribution in [0.25, 0.3) is 33.5 Å². The standard InChI is InChI=1S/C28H27ClN4O5S/c29-23-16-24-26(32-28(30-24)38-21-10-6-20(7-11-21)27(34)35)31-25(23)19-4-2-17(3-5-19)18-8-12-22(13-9-18)39(36,37)33-14-1-15-33/h2-5,8-9,12-13,16,20-21H,1,6-7,10-11,14-15H2,(H,34,35)(H,30,31,32)/t20-,21-. The summed E-state index contributed by atoms with van der Waals surface area (Å²) in [4.78, 5) is 23.8. The Bertz CT molecular complexity index is 1630. The average Bonchev–Trinajstić information content (AvgIpc) is 3.28. The topological polar surface area (TPSA) is 125 Å². The van der Waals surface area contributed by atoms with Gasteiger partial charge in [-0.1, -0.05) is 48.0 Å². The molecule has 9 nitrogen and oxygen atoms in total. The first kappa shape index (κ1) is 25.8. The number of imidazole rings is 1. The van der Waals surface area contributed by atoms with Crippen LogP contribution in [0.3, 0.4) is 0 Å². The molecule has 1 aliphatic carbocycles. The lowest BCUT2D eigenvalue weighted by atomic mass is 9.87. The van der Waals surface area contributed by atoms with Crippen LogP contribution in [0.15, 0.2) is 59.5 Å². The highest BCUT2D eigenvalue weighted by Gasteiger charge is 2.29. The second-order valence-corrected chi connectivity index (χ2v) is 12.4. The summed E-state index contributed by atoms with van der Waals surface area (Å²) < 4.78 is 32.7. The number of aromatic amines is 1. The van der Waals surface area contributed by atoms with Crippen molar-refractivity contribution >= 4 is 38.8 Å². The molecule has 1 saturated heterocycles. The maximum atomic E-state index is 12.6. The number of fused-ring (bicyclic) bond motifs is 1. The Kier molecular flexibility index (Phi) is 6.78. The molecule has 0 unspecified atom stereocenters. The zero-order valence-corrected chi connectivity index (χ0v) is 22.6. The molecular formula is C28H27ClN4O5S. The Labute approximate surface area is 230 Å². The predicted octanol–water partition coefficient (Wildman–Crippen LogP) is 5.36. The van der Waals surface area contributed by atoms with Gasteiger partial charge in [0, 0.05) is 18.7 Å². The van der Waals surface area contributed by atoms with Crippen LogP contribution in [0.1, 0.15) is 32.1 Å². The average molecular weight is 567 g/mol. The highest BCUT2D eigenvalue weighted by molar-refractivity contribution is 7.89. The monoisotopic (exact) mass is 566 g/mol. The molecule has 2 N–H and O–H groups in total. The van der Waals surface area contributed by atoms with Crippen LogP contribution in [0, 0.1) is 5.92 Å². The number of carboxylic acids is 1. The number of H-pyrrole nitrogens is 1. The molecule has 202 valence electrons. The number of nitrogens with zero attached hydrogens (tertiary/aromatic N) is 3. The van der Waals surface area contributed by atoms with Gasteiger partial charge in [-0.25, -0.2) is 13.4 Å². The van der Waals surface area contributed by atoms with Gasteiger partial charge in [0.1, 0.15) is 6.10 Å². The summed E-state index contributed by atoms with van der Waals surface area (Å²) in [5.74, 6) is -1.05. The third-order valence-corrected chi connectivity index (χ3v) is 9.71. The van der Waals surface area contributed by atoms with Gasteiger partial charge in [0.25, 0.3) is 6.01 Å². The molecule has 2 aliphatic rings. The van der Waals surface area contributed by atoms with Gasteiger partial charge in [-0.2, -0.15) is 9.29 Å². The largest absolute Gasteiger partial charge is 0.481 e. The molecule has 0 bridgehead atoms. The van der Waals surface area contributed by atoms with E-state index in [0.29, 0.717) is 71.6 Å². The maximum absolute atomic E-state index is 12.6. The quantitative estimate of drug-likeness (QED) is 0.308. The van der Waals surface area contributed by atoms with E-state index in [1.54, 1.807) is 18.2 Å². The summed E-state index contributed by atoms with van der Waals surface area (Å²) in [6, 6.07) is 16.8. The second kappa shape index (κ2) is 10.3. The molecule has 3 heterocycles. The van der Waals surface area contributed by atoms with Crippen LogP contribution in [-0.2, 0) is 14.8 Å². The van der Waals surface area contributed by atoms with Gasteiger partial charge < -0.3 is 14.8 Å². The first-order chi connectivity index (χ1) is 18.8. The van der Waals surface area contributed by atoms with Crippen molar-refractivity contribution in [1.82, 2.24) is 19.3 Å². The smallest absolute Gasteiger partial charge is 0.306 e. The van der Waals surface area contributed by atoms with E-state index in [9.17, 15) is 18.3 Å². The van der Waals surface area contributed by atoms with Crippen LogP contribution >= 0.6 is 11.6 Å². The van der Waals surface area contributed by atoms with E-state index in [0.717, 1.165) is 23.1 Å². The molecule has 0 atom stereocenters. The van der Waals surface area contributed by atoms with E-state index in [2.05, 4.69) is 15.0 Å². The number of rotatable bonds is 7. The molecule has 0 radical (unpaired) electrons.